The van der Waals surface area contributed by atoms with Gasteiger partial charge < -0.3 is 95.1 Å². The zero-order valence-corrected chi connectivity index (χ0v) is 47.4. The first-order chi connectivity index (χ1) is 38.1. The minimum absolute atomic E-state index is 0.0177. The van der Waals surface area contributed by atoms with Crippen LogP contribution in [0.25, 0.3) is 0 Å². The average Bonchev–Trinajstić information content (AvgIpc) is 3.93. The van der Waals surface area contributed by atoms with E-state index in [0.29, 0.717) is 18.4 Å². The molecule has 31 heteroatoms. The second-order valence-electron chi connectivity index (χ2n) is 20.6. The Morgan fingerprint density at radius 1 is 0.753 bits per heavy atom. The van der Waals surface area contributed by atoms with Crippen LogP contribution >= 0.6 is 21.6 Å². The molecule has 21 N–H and O–H groups in total. The summed E-state index contributed by atoms with van der Waals surface area (Å²) in [6.45, 7) is 6.31. The fourth-order valence-electron chi connectivity index (χ4n) is 8.76. The molecule has 0 spiro atoms. The quantitative estimate of drug-likeness (QED) is 0.0320. The van der Waals surface area contributed by atoms with Crippen molar-refractivity contribution in [3.05, 3.63) is 29.8 Å². The SMILES string of the molecule is CC[C@H](C)[C@H]1NC(=O)[C@H](Cc2ccc(O)cc2)NC(=O)[C@H](NC(O)C[C@@H](O)[C@H](O)[C@H](O)C(O)O)CSSC[C@H](C(=O)N2CCC[C@@H]2C(=O)N[C@@H](CC(C)C)C(=O)NCC(N)=O)NC(=O)[C@@H](CCC(N)=O)NC[C@@H](CCC(N)=O)NC1=O. The van der Waals surface area contributed by atoms with Crippen LogP contribution in [0.3, 0.4) is 0 Å². The van der Waals surface area contributed by atoms with E-state index >= 15 is 0 Å². The number of rotatable bonds is 25. The molecule has 456 valence electrons. The number of likely N-dealkylation sites (tertiary alicyclic amines) is 1. The predicted molar refractivity (Wildman–Crippen MR) is 295 cm³/mol. The van der Waals surface area contributed by atoms with Crippen LogP contribution in [-0.2, 0) is 54.4 Å². The van der Waals surface area contributed by atoms with Gasteiger partial charge in [-0.2, -0.15) is 0 Å². The summed E-state index contributed by atoms with van der Waals surface area (Å²) in [7, 11) is 1.85. The van der Waals surface area contributed by atoms with Gasteiger partial charge in [-0.05, 0) is 61.6 Å². The highest BCUT2D eigenvalue weighted by Gasteiger charge is 2.41. The lowest BCUT2D eigenvalue weighted by molar-refractivity contribution is -0.180. The predicted octanol–water partition coefficient (Wildman–Crippen LogP) is -6.01. The van der Waals surface area contributed by atoms with Crippen molar-refractivity contribution in [2.75, 3.05) is 31.1 Å². The number of aliphatic hydroxyl groups is 6. The molecule has 0 bridgehead atoms. The highest BCUT2D eigenvalue weighted by Crippen LogP contribution is 2.27. The third-order valence-corrected chi connectivity index (χ3v) is 15.9. The van der Waals surface area contributed by atoms with Crippen molar-refractivity contribution < 1.29 is 83.7 Å². The van der Waals surface area contributed by atoms with E-state index in [1.165, 1.54) is 29.2 Å². The second kappa shape index (κ2) is 34.5. The zero-order chi connectivity index (χ0) is 60.7. The second-order valence-corrected chi connectivity index (χ2v) is 23.2. The van der Waals surface area contributed by atoms with Crippen molar-refractivity contribution in [3.63, 3.8) is 0 Å². The number of carbonyl (C=O) groups excluding carboxylic acids is 10. The monoisotopic (exact) mass is 1190 g/mol. The molecule has 1 unspecified atom stereocenters. The van der Waals surface area contributed by atoms with E-state index in [1.54, 1.807) is 27.7 Å². The number of primary amides is 3. The lowest BCUT2D eigenvalue weighted by Crippen LogP contribution is -2.61. The molecule has 1 aromatic carbocycles. The summed E-state index contributed by atoms with van der Waals surface area (Å²) in [6.07, 6.45) is -11.9. The topological polar surface area (TPSA) is 490 Å². The third kappa shape index (κ3) is 23.8. The summed E-state index contributed by atoms with van der Waals surface area (Å²) in [4.78, 5) is 137. The number of phenols is 1. The van der Waals surface area contributed by atoms with Gasteiger partial charge in [0.25, 0.3) is 0 Å². The first-order valence-electron chi connectivity index (χ1n) is 26.7. The van der Waals surface area contributed by atoms with E-state index in [-0.39, 0.29) is 81.2 Å². The van der Waals surface area contributed by atoms with Crippen molar-refractivity contribution in [2.45, 2.75) is 171 Å². The first-order valence-corrected chi connectivity index (χ1v) is 29.2. The van der Waals surface area contributed by atoms with Crippen LogP contribution in [0.15, 0.2) is 24.3 Å². The molecule has 1 aromatic rings. The highest BCUT2D eigenvalue weighted by atomic mass is 33.1. The summed E-state index contributed by atoms with van der Waals surface area (Å²) in [5, 5.41) is 92.5. The largest absolute Gasteiger partial charge is 0.508 e. The molecule has 2 aliphatic rings. The fourth-order valence-corrected chi connectivity index (χ4v) is 11.1. The van der Waals surface area contributed by atoms with Crippen molar-refractivity contribution in [1.29, 1.82) is 0 Å². The Kier molecular flexibility index (Phi) is 29.6. The van der Waals surface area contributed by atoms with Crippen LogP contribution in [-0.4, -0.2) is 210 Å². The molecular formula is C50H82N12O17S2. The fraction of sp³-hybridized carbons (Fsp3) is 0.680. The molecule has 0 saturated carbocycles. The van der Waals surface area contributed by atoms with E-state index in [4.69, 9.17) is 17.2 Å². The highest BCUT2D eigenvalue weighted by molar-refractivity contribution is 8.76. The minimum Gasteiger partial charge on any atom is -0.508 e. The summed E-state index contributed by atoms with van der Waals surface area (Å²) < 4.78 is 0. The number of amides is 10. The van der Waals surface area contributed by atoms with Gasteiger partial charge in [-0.1, -0.05) is 67.8 Å². The van der Waals surface area contributed by atoms with Crippen LogP contribution in [0.4, 0.5) is 0 Å². The number of hydrogen-bond acceptors (Lipinski definition) is 21. The maximum absolute atomic E-state index is 14.8. The number of nitrogens with one attached hydrogen (secondary N) is 8. The number of aromatic hydroxyl groups is 1. The molecule has 3 rings (SSSR count). The molecule has 2 heterocycles. The van der Waals surface area contributed by atoms with Gasteiger partial charge in [0.1, 0.15) is 54.4 Å². The molecule has 2 fully saturated rings. The summed E-state index contributed by atoms with van der Waals surface area (Å²) >= 11 is 0. The Morgan fingerprint density at radius 2 is 1.38 bits per heavy atom. The lowest BCUT2D eigenvalue weighted by atomic mass is 9.96. The number of hydrogen-bond donors (Lipinski definition) is 18. The first kappa shape index (κ1) is 69.4. The van der Waals surface area contributed by atoms with Gasteiger partial charge in [0.2, 0.25) is 59.1 Å². The Hall–Kier alpha value is -5.90. The van der Waals surface area contributed by atoms with Gasteiger partial charge >= 0.3 is 0 Å². The van der Waals surface area contributed by atoms with Crippen LogP contribution < -0.4 is 59.7 Å². The standard InChI is InChI=1S/C50H82N12O17S2/c1-5-25(4)40-48(76)56-27(10-14-36(51)65)20-54-29(13-15-37(52)66)44(72)60-33(49(77)62-16-6-7-34(62)47(75)59-30(17-24(2)3)43(71)55-21-38(53)67)23-81-80-22-32(57-39(68)19-35(64)41(69)42(70)50(78)79)46(74)58-31(45(73)61-40)18-26-8-11-28(63)12-9-26/h8-9,11-12,24-25,27,29-35,39-42,50,54,57,63-64,68-70,78-79H,5-7,10,13-23H2,1-4H3,(H2,51,65)(H2,52,66)(H2,53,67)(H,55,71)(H,56,76)(H,58,74)(H,59,75)(H,60,72)(H,61,73)/t25-,27+,29+,30-,31-,32+,33+,34+,35+,39?,40+,41-,42-/m0/s1. The maximum Gasteiger partial charge on any atom is 0.246 e. The Morgan fingerprint density at radius 3 is 1.99 bits per heavy atom. The Balaban J connectivity index is 2.18. The average molecular weight is 1190 g/mol. The maximum atomic E-state index is 14.8. The van der Waals surface area contributed by atoms with E-state index < -0.39 is 157 Å². The number of benzene rings is 1. The van der Waals surface area contributed by atoms with Gasteiger partial charge in [-0.3, -0.25) is 53.3 Å². The van der Waals surface area contributed by atoms with Gasteiger partial charge in [-0.15, -0.1) is 0 Å². The molecule has 29 nitrogen and oxygen atoms in total. The molecular weight excluding hydrogens is 1100 g/mol. The van der Waals surface area contributed by atoms with Gasteiger partial charge in [0, 0.05) is 56.3 Å². The Labute approximate surface area is 476 Å². The molecule has 2 saturated heterocycles. The van der Waals surface area contributed by atoms with Crippen LogP contribution in [0, 0.1) is 11.8 Å². The van der Waals surface area contributed by atoms with Gasteiger partial charge in [-0.25, -0.2) is 0 Å². The van der Waals surface area contributed by atoms with E-state index in [0.717, 1.165) is 21.6 Å². The van der Waals surface area contributed by atoms with Crippen LogP contribution in [0.1, 0.15) is 91.0 Å². The van der Waals surface area contributed by atoms with Crippen LogP contribution in [0.2, 0.25) is 0 Å². The molecule has 0 aromatic heterocycles. The van der Waals surface area contributed by atoms with E-state index in [2.05, 4.69) is 42.5 Å². The minimum atomic E-state index is -2.48. The molecule has 0 aliphatic carbocycles. The van der Waals surface area contributed by atoms with Crippen molar-refractivity contribution in [2.24, 2.45) is 29.0 Å². The summed E-state index contributed by atoms with van der Waals surface area (Å²) in [5.74, 6) is -9.36. The normalized spacial score (nSPS) is 24.2. The molecule has 0 radical (unpaired) electrons. The zero-order valence-electron chi connectivity index (χ0n) is 45.8. The number of aliphatic hydroxyl groups excluding tert-OH is 5. The molecule has 2 aliphatic heterocycles. The van der Waals surface area contributed by atoms with E-state index in [1.807, 2.05) is 0 Å². The molecule has 13 atom stereocenters. The number of phenolic OH excluding ortho intramolecular Hbond substituents is 1. The smallest absolute Gasteiger partial charge is 0.246 e. The van der Waals surface area contributed by atoms with E-state index in [9.17, 15) is 83.7 Å². The third-order valence-electron chi connectivity index (χ3n) is 13.5. The Bertz CT molecular complexity index is 2290. The lowest BCUT2D eigenvalue weighted by Gasteiger charge is -2.32. The van der Waals surface area contributed by atoms with Crippen molar-refractivity contribution in [1.82, 2.24) is 47.4 Å². The molecule has 10 amide bonds. The van der Waals surface area contributed by atoms with Crippen LogP contribution in [0.5, 0.6) is 5.75 Å². The van der Waals surface area contributed by atoms with Crippen molar-refractivity contribution >= 4 is 80.7 Å². The number of carbonyl (C=O) groups is 10. The van der Waals surface area contributed by atoms with Crippen molar-refractivity contribution in [3.8, 4) is 5.75 Å². The summed E-state index contributed by atoms with van der Waals surface area (Å²) in [5.41, 5.74) is 16.7. The summed E-state index contributed by atoms with van der Waals surface area (Å²) in [6, 6.07) is -4.72. The van der Waals surface area contributed by atoms with Gasteiger partial charge in [0.15, 0.2) is 6.29 Å². The number of nitrogens with two attached hydrogens (primary N) is 3. The number of nitrogens with zero attached hydrogens (tertiary/aromatic N) is 1. The molecule has 81 heavy (non-hydrogen) atoms. The van der Waals surface area contributed by atoms with Gasteiger partial charge in [0.05, 0.1) is 24.7 Å².